The van der Waals surface area contributed by atoms with E-state index in [1.165, 1.54) is 4.90 Å². The molecule has 2 amide bonds. The first-order chi connectivity index (χ1) is 7.20. The van der Waals surface area contributed by atoms with Gasteiger partial charge in [0.15, 0.2) is 12.2 Å². The van der Waals surface area contributed by atoms with Crippen LogP contribution < -0.4 is 5.73 Å². The molecule has 0 aliphatic heterocycles. The number of hydrogen-bond acceptors (Lipinski definition) is 4. The van der Waals surface area contributed by atoms with Crippen LogP contribution in [0.3, 0.4) is 0 Å². The lowest BCUT2D eigenvalue weighted by atomic mass is 10.1. The SMILES string of the molecule is CC(C)N(C(=O)C(O)C(O)C(N)=O)C(C)C. The van der Waals surface area contributed by atoms with Crippen LogP contribution >= 0.6 is 0 Å². The van der Waals surface area contributed by atoms with Gasteiger partial charge < -0.3 is 20.8 Å². The molecular formula is C10H20N2O4. The molecule has 94 valence electrons. The van der Waals surface area contributed by atoms with Gasteiger partial charge in [-0.05, 0) is 27.7 Å². The molecule has 0 heterocycles. The Morgan fingerprint density at radius 1 is 1.00 bits per heavy atom. The van der Waals surface area contributed by atoms with E-state index in [0.29, 0.717) is 0 Å². The summed E-state index contributed by atoms with van der Waals surface area (Å²) in [7, 11) is 0. The number of aliphatic hydroxyl groups is 2. The van der Waals surface area contributed by atoms with Crippen LogP contribution in [-0.2, 0) is 9.59 Å². The predicted octanol–water partition coefficient (Wildman–Crippen LogP) is -1.16. The minimum atomic E-state index is -1.87. The van der Waals surface area contributed by atoms with Gasteiger partial charge in [-0.2, -0.15) is 0 Å². The summed E-state index contributed by atoms with van der Waals surface area (Å²) in [5, 5.41) is 18.7. The highest BCUT2D eigenvalue weighted by Crippen LogP contribution is 2.09. The maximum Gasteiger partial charge on any atom is 0.255 e. The Balaban J connectivity index is 4.81. The molecule has 2 unspecified atom stereocenters. The number of rotatable bonds is 5. The fourth-order valence-corrected chi connectivity index (χ4v) is 1.55. The van der Waals surface area contributed by atoms with Crippen LogP contribution in [0.1, 0.15) is 27.7 Å². The number of carbonyl (C=O) groups excluding carboxylic acids is 2. The minimum Gasteiger partial charge on any atom is -0.380 e. The van der Waals surface area contributed by atoms with Gasteiger partial charge >= 0.3 is 0 Å². The molecule has 0 saturated carbocycles. The van der Waals surface area contributed by atoms with E-state index in [0.717, 1.165) is 0 Å². The Bertz CT molecular complexity index is 258. The molecule has 6 nitrogen and oxygen atoms in total. The van der Waals surface area contributed by atoms with Gasteiger partial charge in [-0.25, -0.2) is 0 Å². The second-order valence-corrected chi connectivity index (χ2v) is 4.23. The zero-order chi connectivity index (χ0) is 13.0. The quantitative estimate of drug-likeness (QED) is 0.556. The van der Waals surface area contributed by atoms with E-state index in [2.05, 4.69) is 0 Å². The predicted molar refractivity (Wildman–Crippen MR) is 58.3 cm³/mol. The Morgan fingerprint density at radius 3 is 1.62 bits per heavy atom. The first-order valence-corrected chi connectivity index (χ1v) is 5.17. The zero-order valence-electron chi connectivity index (χ0n) is 10.0. The van der Waals surface area contributed by atoms with Crippen molar-refractivity contribution in [2.45, 2.75) is 52.0 Å². The summed E-state index contributed by atoms with van der Waals surface area (Å²) < 4.78 is 0. The van der Waals surface area contributed by atoms with Crippen molar-refractivity contribution in [2.75, 3.05) is 0 Å². The van der Waals surface area contributed by atoms with Crippen molar-refractivity contribution in [3.63, 3.8) is 0 Å². The fourth-order valence-electron chi connectivity index (χ4n) is 1.55. The van der Waals surface area contributed by atoms with Crippen LogP contribution in [0.25, 0.3) is 0 Å². The molecule has 0 fully saturated rings. The summed E-state index contributed by atoms with van der Waals surface area (Å²) in [6.07, 6.45) is -3.67. The monoisotopic (exact) mass is 232 g/mol. The standard InChI is InChI=1S/C10H20N2O4/c1-5(2)12(6(3)4)10(16)8(14)7(13)9(11)15/h5-8,13-14H,1-4H3,(H2,11,15). The van der Waals surface area contributed by atoms with Gasteiger partial charge in [0.1, 0.15) is 0 Å². The number of aliphatic hydroxyl groups excluding tert-OH is 2. The molecule has 4 N–H and O–H groups in total. The molecule has 0 aromatic heterocycles. The molecule has 0 aromatic carbocycles. The Hall–Kier alpha value is -1.14. The van der Waals surface area contributed by atoms with Crippen LogP contribution in [0.5, 0.6) is 0 Å². The van der Waals surface area contributed by atoms with Gasteiger partial charge in [-0.3, -0.25) is 9.59 Å². The number of hydrogen-bond donors (Lipinski definition) is 3. The molecule has 16 heavy (non-hydrogen) atoms. The Kier molecular flexibility index (Phi) is 5.40. The third kappa shape index (κ3) is 3.46. The number of primary amides is 1. The van der Waals surface area contributed by atoms with Crippen LogP contribution in [0, 0.1) is 0 Å². The van der Waals surface area contributed by atoms with Crippen LogP contribution in [0.4, 0.5) is 0 Å². The van der Waals surface area contributed by atoms with E-state index in [4.69, 9.17) is 5.73 Å². The number of nitrogens with two attached hydrogens (primary N) is 1. The summed E-state index contributed by atoms with van der Waals surface area (Å²) in [5.41, 5.74) is 4.81. The molecular weight excluding hydrogens is 212 g/mol. The summed E-state index contributed by atoms with van der Waals surface area (Å²) in [4.78, 5) is 23.8. The molecule has 0 aliphatic carbocycles. The van der Waals surface area contributed by atoms with Gasteiger partial charge in [0.2, 0.25) is 5.91 Å². The fraction of sp³-hybridized carbons (Fsp3) is 0.800. The van der Waals surface area contributed by atoms with Crippen molar-refractivity contribution in [3.8, 4) is 0 Å². The lowest BCUT2D eigenvalue weighted by molar-refractivity contribution is -0.154. The van der Waals surface area contributed by atoms with Gasteiger partial charge in [-0.15, -0.1) is 0 Å². The van der Waals surface area contributed by atoms with Gasteiger partial charge in [0.05, 0.1) is 0 Å². The second-order valence-electron chi connectivity index (χ2n) is 4.23. The van der Waals surface area contributed by atoms with Crippen LogP contribution in [0.2, 0.25) is 0 Å². The van der Waals surface area contributed by atoms with Crippen molar-refractivity contribution in [1.82, 2.24) is 4.90 Å². The van der Waals surface area contributed by atoms with Crippen molar-refractivity contribution in [2.24, 2.45) is 5.73 Å². The topological polar surface area (TPSA) is 104 Å². The van der Waals surface area contributed by atoms with Gasteiger partial charge in [-0.1, -0.05) is 0 Å². The number of nitrogens with zero attached hydrogens (tertiary/aromatic N) is 1. The smallest absolute Gasteiger partial charge is 0.255 e. The van der Waals surface area contributed by atoms with Crippen LogP contribution in [0.15, 0.2) is 0 Å². The van der Waals surface area contributed by atoms with E-state index in [1.54, 1.807) is 27.7 Å². The minimum absolute atomic E-state index is 0.137. The molecule has 0 bridgehead atoms. The first-order valence-electron chi connectivity index (χ1n) is 5.17. The zero-order valence-corrected chi connectivity index (χ0v) is 10.0. The molecule has 0 rings (SSSR count). The molecule has 6 heteroatoms. The summed E-state index contributed by atoms with van der Waals surface area (Å²) in [6, 6.07) is -0.274. The van der Waals surface area contributed by atoms with E-state index < -0.39 is 24.0 Å². The summed E-state index contributed by atoms with van der Waals surface area (Å²) in [6.45, 7) is 7.12. The summed E-state index contributed by atoms with van der Waals surface area (Å²) in [5.74, 6) is -1.82. The van der Waals surface area contributed by atoms with Crippen molar-refractivity contribution in [3.05, 3.63) is 0 Å². The second kappa shape index (κ2) is 5.81. The molecule has 0 aromatic rings. The normalized spacial score (nSPS) is 15.0. The average molecular weight is 232 g/mol. The Morgan fingerprint density at radius 2 is 1.38 bits per heavy atom. The first kappa shape index (κ1) is 14.9. The molecule has 0 radical (unpaired) electrons. The number of amides is 2. The highest BCUT2D eigenvalue weighted by molar-refractivity contribution is 5.90. The highest BCUT2D eigenvalue weighted by Gasteiger charge is 2.34. The van der Waals surface area contributed by atoms with Crippen molar-refractivity contribution < 1.29 is 19.8 Å². The van der Waals surface area contributed by atoms with E-state index in [1.807, 2.05) is 0 Å². The molecule has 0 spiro atoms. The van der Waals surface area contributed by atoms with E-state index >= 15 is 0 Å². The van der Waals surface area contributed by atoms with Gasteiger partial charge in [0.25, 0.3) is 5.91 Å². The third-order valence-corrected chi connectivity index (χ3v) is 2.21. The maximum absolute atomic E-state index is 11.8. The Labute approximate surface area is 95.0 Å². The van der Waals surface area contributed by atoms with Crippen molar-refractivity contribution in [1.29, 1.82) is 0 Å². The van der Waals surface area contributed by atoms with E-state index in [-0.39, 0.29) is 12.1 Å². The van der Waals surface area contributed by atoms with E-state index in [9.17, 15) is 19.8 Å². The van der Waals surface area contributed by atoms with Crippen molar-refractivity contribution >= 4 is 11.8 Å². The molecule has 2 atom stereocenters. The van der Waals surface area contributed by atoms with Gasteiger partial charge in [0, 0.05) is 12.1 Å². The number of carbonyl (C=O) groups is 2. The van der Waals surface area contributed by atoms with Crippen LogP contribution in [-0.4, -0.2) is 51.2 Å². The molecule has 0 saturated heterocycles. The third-order valence-electron chi connectivity index (χ3n) is 2.21. The summed E-state index contributed by atoms with van der Waals surface area (Å²) >= 11 is 0. The highest BCUT2D eigenvalue weighted by atomic mass is 16.3. The largest absolute Gasteiger partial charge is 0.380 e. The molecule has 0 aliphatic rings. The maximum atomic E-state index is 11.8. The lowest BCUT2D eigenvalue weighted by Gasteiger charge is -2.33. The average Bonchev–Trinajstić information content (AvgIpc) is 2.13. The lowest BCUT2D eigenvalue weighted by Crippen LogP contribution is -2.53.